The quantitative estimate of drug-likeness (QED) is 0.114. The number of fused-ring (bicyclic) bond motifs is 4. The van der Waals surface area contributed by atoms with Crippen LogP contribution in [0, 0.1) is 5.41 Å². The molecule has 0 saturated carbocycles. The van der Waals surface area contributed by atoms with Crippen molar-refractivity contribution in [2.24, 2.45) is 5.73 Å². The van der Waals surface area contributed by atoms with Gasteiger partial charge < -0.3 is 4.74 Å². The molecule has 3 nitrogen and oxygen atoms in total. The summed E-state index contributed by atoms with van der Waals surface area (Å²) < 4.78 is 6.34. The molecular formula is C43H34N2OS. The van der Waals surface area contributed by atoms with Gasteiger partial charge in [0.15, 0.2) is 6.23 Å². The van der Waals surface area contributed by atoms with Crippen LogP contribution in [0.25, 0.3) is 43.8 Å². The minimum atomic E-state index is -0.843. The summed E-state index contributed by atoms with van der Waals surface area (Å²) >= 11 is 1.75. The van der Waals surface area contributed by atoms with Crippen LogP contribution in [0.2, 0.25) is 0 Å². The van der Waals surface area contributed by atoms with Gasteiger partial charge in [0.05, 0.1) is 0 Å². The van der Waals surface area contributed by atoms with E-state index in [9.17, 15) is 5.41 Å². The molecule has 1 heterocycles. The van der Waals surface area contributed by atoms with E-state index >= 15 is 0 Å². The van der Waals surface area contributed by atoms with Gasteiger partial charge in [-0.15, -0.1) is 0 Å². The zero-order valence-electron chi connectivity index (χ0n) is 26.3. The molecule has 8 rings (SSSR count). The largest absolute Gasteiger partial charge is 0.454 e. The molecule has 3 N–H and O–H groups in total. The average molecular weight is 627 g/mol. The summed E-state index contributed by atoms with van der Waals surface area (Å²) in [5.74, 6) is 0.0748. The summed E-state index contributed by atoms with van der Waals surface area (Å²) in [5, 5.41) is 14.0. The number of hydrogen-bond donors (Lipinski definition) is 2. The Bertz CT molecular complexity index is 2240. The van der Waals surface area contributed by atoms with Crippen molar-refractivity contribution in [1.82, 2.24) is 0 Å². The van der Waals surface area contributed by atoms with E-state index in [-0.39, 0.29) is 11.3 Å². The fourth-order valence-electron chi connectivity index (χ4n) is 6.92. The van der Waals surface area contributed by atoms with Gasteiger partial charge in [0.2, 0.25) is 5.90 Å². The molecule has 7 aromatic carbocycles. The predicted octanol–water partition coefficient (Wildman–Crippen LogP) is 11.1. The van der Waals surface area contributed by atoms with E-state index < -0.39 is 6.23 Å². The van der Waals surface area contributed by atoms with Gasteiger partial charge in [-0.3, -0.25) is 11.1 Å². The van der Waals surface area contributed by atoms with Gasteiger partial charge in [0.1, 0.15) is 0 Å². The lowest BCUT2D eigenvalue weighted by Crippen LogP contribution is -2.28. The second-order valence-electron chi connectivity index (χ2n) is 12.7. The maximum Gasteiger partial charge on any atom is 0.215 e. The highest BCUT2D eigenvalue weighted by Crippen LogP contribution is 2.50. The van der Waals surface area contributed by atoms with E-state index in [2.05, 4.69) is 147 Å². The van der Waals surface area contributed by atoms with Gasteiger partial charge in [-0.1, -0.05) is 123 Å². The van der Waals surface area contributed by atoms with Crippen LogP contribution < -0.4 is 5.73 Å². The molecule has 0 bridgehead atoms. The van der Waals surface area contributed by atoms with Crippen LogP contribution in [0.5, 0.6) is 0 Å². The Kier molecular flexibility index (Phi) is 7.20. The van der Waals surface area contributed by atoms with Crippen molar-refractivity contribution in [1.29, 1.82) is 5.41 Å². The SMILES string of the molecule is CC1(C)c2ccccc2Sc2cccc(C(=N)OC(N)c3cc(-c4ccc5ccccc5c4)cc(-c4ccc5ccccc5c4)c3)c21. The highest BCUT2D eigenvalue weighted by Gasteiger charge is 2.36. The van der Waals surface area contributed by atoms with Gasteiger partial charge in [0.25, 0.3) is 0 Å². The predicted molar refractivity (Wildman–Crippen MR) is 196 cm³/mol. The molecule has 0 fully saturated rings. The Morgan fingerprint density at radius 2 is 1.15 bits per heavy atom. The fraction of sp³-hybridized carbons (Fsp3) is 0.0930. The smallest absolute Gasteiger partial charge is 0.215 e. The molecule has 1 aliphatic rings. The first-order valence-corrected chi connectivity index (χ1v) is 16.7. The molecule has 0 spiro atoms. The third-order valence-corrected chi connectivity index (χ3v) is 10.5. The normalized spacial score (nSPS) is 13.9. The van der Waals surface area contributed by atoms with E-state index in [1.165, 1.54) is 32.0 Å². The van der Waals surface area contributed by atoms with Crippen LogP contribution in [0.1, 0.15) is 42.3 Å². The molecule has 47 heavy (non-hydrogen) atoms. The van der Waals surface area contributed by atoms with Crippen LogP contribution in [0.4, 0.5) is 0 Å². The monoisotopic (exact) mass is 626 g/mol. The van der Waals surface area contributed by atoms with Crippen molar-refractivity contribution in [3.63, 3.8) is 0 Å². The van der Waals surface area contributed by atoms with Crippen molar-refractivity contribution in [2.45, 2.75) is 35.3 Å². The van der Waals surface area contributed by atoms with Gasteiger partial charge >= 0.3 is 0 Å². The summed E-state index contributed by atoms with van der Waals surface area (Å²) in [7, 11) is 0. The average Bonchev–Trinajstić information content (AvgIpc) is 3.10. The van der Waals surface area contributed by atoms with Crippen LogP contribution >= 0.6 is 11.8 Å². The van der Waals surface area contributed by atoms with Crippen LogP contribution in [-0.4, -0.2) is 5.90 Å². The lowest BCUT2D eigenvalue weighted by molar-refractivity contribution is 0.198. The lowest BCUT2D eigenvalue weighted by Gasteiger charge is -2.36. The summed E-state index contributed by atoms with van der Waals surface area (Å²) in [5.41, 5.74) is 14.8. The summed E-state index contributed by atoms with van der Waals surface area (Å²) in [6.07, 6.45) is -0.843. The maximum absolute atomic E-state index is 9.21. The van der Waals surface area contributed by atoms with E-state index in [4.69, 9.17) is 10.5 Å². The Morgan fingerprint density at radius 1 is 0.596 bits per heavy atom. The Balaban J connectivity index is 1.19. The van der Waals surface area contributed by atoms with Gasteiger partial charge in [-0.25, -0.2) is 0 Å². The van der Waals surface area contributed by atoms with Crippen LogP contribution in [0.3, 0.4) is 0 Å². The summed E-state index contributed by atoms with van der Waals surface area (Å²) in [4.78, 5) is 2.39. The number of ether oxygens (including phenoxy) is 1. The number of rotatable bonds is 5. The second-order valence-corrected chi connectivity index (χ2v) is 13.8. The fourth-order valence-corrected chi connectivity index (χ4v) is 8.35. The number of nitrogens with two attached hydrogens (primary N) is 1. The first kappa shape index (κ1) is 29.3. The highest BCUT2D eigenvalue weighted by molar-refractivity contribution is 7.99. The molecule has 0 amide bonds. The first-order chi connectivity index (χ1) is 22.8. The number of hydrogen-bond acceptors (Lipinski definition) is 4. The minimum absolute atomic E-state index is 0.0748. The molecule has 4 heteroatoms. The zero-order chi connectivity index (χ0) is 32.1. The highest BCUT2D eigenvalue weighted by atomic mass is 32.2. The molecule has 1 unspecified atom stereocenters. The maximum atomic E-state index is 9.21. The van der Waals surface area contributed by atoms with Crippen molar-refractivity contribution >= 4 is 39.2 Å². The molecule has 1 aliphatic heterocycles. The van der Waals surface area contributed by atoms with Crippen LogP contribution in [-0.2, 0) is 10.2 Å². The first-order valence-electron chi connectivity index (χ1n) is 15.9. The van der Waals surface area contributed by atoms with E-state index in [0.29, 0.717) is 0 Å². The number of nitrogens with one attached hydrogen (secondary N) is 1. The second kappa shape index (κ2) is 11.6. The number of benzene rings is 7. The minimum Gasteiger partial charge on any atom is -0.454 e. The Hall–Kier alpha value is -5.16. The van der Waals surface area contributed by atoms with Crippen molar-refractivity contribution < 1.29 is 4.74 Å². The summed E-state index contributed by atoms with van der Waals surface area (Å²) in [6.45, 7) is 4.45. The molecule has 0 saturated heterocycles. The van der Waals surface area contributed by atoms with E-state index in [1.54, 1.807) is 11.8 Å². The zero-order valence-corrected chi connectivity index (χ0v) is 27.1. The third kappa shape index (κ3) is 5.30. The molecule has 0 aromatic heterocycles. The van der Waals surface area contributed by atoms with Gasteiger partial charge in [0, 0.05) is 26.3 Å². The van der Waals surface area contributed by atoms with Crippen LogP contribution in [0.15, 0.2) is 155 Å². The van der Waals surface area contributed by atoms with Crippen molar-refractivity contribution in [2.75, 3.05) is 0 Å². The molecule has 0 radical (unpaired) electrons. The van der Waals surface area contributed by atoms with Gasteiger partial charge in [-0.2, -0.15) is 0 Å². The summed E-state index contributed by atoms with van der Waals surface area (Å²) in [6, 6.07) is 51.0. The van der Waals surface area contributed by atoms with E-state index in [1.807, 2.05) is 12.1 Å². The van der Waals surface area contributed by atoms with Crippen molar-refractivity contribution in [3.05, 3.63) is 168 Å². The molecule has 228 valence electrons. The van der Waals surface area contributed by atoms with E-state index in [0.717, 1.165) is 43.8 Å². The molecular weight excluding hydrogens is 593 g/mol. The standard InChI is InChI=1S/C43H34N2OS/c1-43(2)37-15-7-8-16-38(37)47-39-17-9-14-36(40(39)43)42(45)46-41(44)35-25-33(31-20-18-27-10-3-5-12-29(27)22-31)24-34(26-35)32-21-19-28-11-4-6-13-30(28)23-32/h3-26,41,45H,44H2,1-2H3. The molecule has 7 aromatic rings. The lowest BCUT2D eigenvalue weighted by atomic mass is 9.75. The van der Waals surface area contributed by atoms with Crippen molar-refractivity contribution in [3.8, 4) is 22.3 Å². The topological polar surface area (TPSA) is 59.1 Å². The molecule has 1 atom stereocenters. The Morgan fingerprint density at radius 3 is 1.79 bits per heavy atom. The third-order valence-electron chi connectivity index (χ3n) is 9.37. The van der Waals surface area contributed by atoms with Gasteiger partial charge in [-0.05, 0) is 103 Å². The molecule has 0 aliphatic carbocycles. The Labute approximate surface area is 279 Å².